The highest BCUT2D eigenvalue weighted by atomic mass is 79.9. The van der Waals surface area contributed by atoms with Gasteiger partial charge >= 0.3 is 0 Å². The minimum Gasteiger partial charge on any atom is -0.299 e. The zero-order valence-corrected chi connectivity index (χ0v) is 12.2. The van der Waals surface area contributed by atoms with Crippen LogP contribution in [0.3, 0.4) is 0 Å². The summed E-state index contributed by atoms with van der Waals surface area (Å²) < 4.78 is 2.68. The van der Waals surface area contributed by atoms with Crippen molar-refractivity contribution in [2.45, 2.75) is 26.8 Å². The van der Waals surface area contributed by atoms with Gasteiger partial charge in [-0.1, -0.05) is 41.9 Å². The summed E-state index contributed by atoms with van der Waals surface area (Å²) in [6.45, 7) is 4.87. The molecule has 2 rings (SSSR count). The van der Waals surface area contributed by atoms with Crippen LogP contribution in [0.5, 0.6) is 0 Å². The van der Waals surface area contributed by atoms with Crippen molar-refractivity contribution in [3.63, 3.8) is 0 Å². The molecule has 96 valence electrons. The van der Waals surface area contributed by atoms with Gasteiger partial charge in [0.2, 0.25) is 0 Å². The van der Waals surface area contributed by atoms with Crippen LogP contribution in [0.2, 0.25) is 0 Å². The largest absolute Gasteiger partial charge is 0.299 e. The molecule has 1 aromatic carbocycles. The lowest BCUT2D eigenvalue weighted by Gasteiger charge is -2.04. The Labute approximate surface area is 115 Å². The summed E-state index contributed by atoms with van der Waals surface area (Å²) in [7, 11) is 0. The molecule has 0 aliphatic carbocycles. The predicted molar refractivity (Wildman–Crippen MR) is 76.8 cm³/mol. The normalized spacial score (nSPS) is 11.1. The molecule has 0 radical (unpaired) electrons. The summed E-state index contributed by atoms with van der Waals surface area (Å²) in [6, 6.07) is 9.68. The van der Waals surface area contributed by atoms with E-state index in [0.717, 1.165) is 22.2 Å². The lowest BCUT2D eigenvalue weighted by atomic mass is 10.1. The van der Waals surface area contributed by atoms with Gasteiger partial charge in [-0.2, -0.15) is 0 Å². The van der Waals surface area contributed by atoms with E-state index in [0.29, 0.717) is 12.5 Å². The molecule has 0 unspecified atom stereocenters. The fourth-order valence-electron chi connectivity index (χ4n) is 1.97. The molecule has 0 saturated heterocycles. The fourth-order valence-corrected chi connectivity index (χ4v) is 2.41. The maximum atomic E-state index is 11.8. The Kier molecular flexibility index (Phi) is 4.07. The van der Waals surface area contributed by atoms with E-state index in [1.54, 1.807) is 10.7 Å². The zero-order chi connectivity index (χ0) is 13.1. The number of hydrogen-bond donors (Lipinski definition) is 1. The van der Waals surface area contributed by atoms with Gasteiger partial charge in [0.25, 0.3) is 5.56 Å². The third-order valence-electron chi connectivity index (χ3n) is 2.70. The second kappa shape index (κ2) is 5.57. The van der Waals surface area contributed by atoms with Crippen molar-refractivity contribution in [2.75, 3.05) is 0 Å². The van der Waals surface area contributed by atoms with E-state index >= 15 is 0 Å². The van der Waals surface area contributed by atoms with Crippen molar-refractivity contribution < 1.29 is 0 Å². The van der Waals surface area contributed by atoms with Gasteiger partial charge in [-0.25, -0.2) is 4.68 Å². The summed E-state index contributed by atoms with van der Waals surface area (Å²) in [4.78, 5) is 11.8. The number of aromatic nitrogens is 2. The molecule has 0 fully saturated rings. The highest BCUT2D eigenvalue weighted by Crippen LogP contribution is 2.12. The van der Waals surface area contributed by atoms with E-state index in [-0.39, 0.29) is 5.56 Å². The van der Waals surface area contributed by atoms with Crippen molar-refractivity contribution in [1.82, 2.24) is 9.78 Å². The van der Waals surface area contributed by atoms with E-state index in [9.17, 15) is 4.79 Å². The molecule has 18 heavy (non-hydrogen) atoms. The minimum absolute atomic E-state index is 0.0330. The summed E-state index contributed by atoms with van der Waals surface area (Å²) in [5.74, 6) is 0.544. The number of rotatable bonds is 4. The predicted octanol–water partition coefficient (Wildman–Crippen LogP) is 3.19. The molecule has 2 aromatic rings. The maximum Gasteiger partial charge on any atom is 0.267 e. The average molecular weight is 309 g/mol. The molecule has 0 saturated carbocycles. The van der Waals surface area contributed by atoms with Crippen molar-refractivity contribution in [3.8, 4) is 0 Å². The first-order valence-corrected chi connectivity index (χ1v) is 6.87. The third-order valence-corrected chi connectivity index (χ3v) is 3.19. The van der Waals surface area contributed by atoms with Crippen LogP contribution >= 0.6 is 15.9 Å². The molecule has 1 N–H and O–H groups in total. The Morgan fingerprint density at radius 1 is 1.33 bits per heavy atom. The van der Waals surface area contributed by atoms with Crippen LogP contribution in [-0.2, 0) is 13.0 Å². The van der Waals surface area contributed by atoms with E-state index in [1.807, 2.05) is 24.3 Å². The molecule has 4 heteroatoms. The Morgan fingerprint density at radius 2 is 2.11 bits per heavy atom. The maximum absolute atomic E-state index is 11.8. The molecule has 0 aliphatic rings. The summed E-state index contributed by atoms with van der Waals surface area (Å²) >= 11 is 3.43. The number of nitrogens with zero attached hydrogens (tertiary/aromatic N) is 1. The standard InChI is InChI=1S/C14H17BrN2O/c1-10(2)6-13-8-14(18)17(16-13)9-11-4-3-5-12(15)7-11/h3-5,7-8,10,16H,6,9H2,1-2H3. The van der Waals surface area contributed by atoms with Crippen molar-refractivity contribution >= 4 is 15.9 Å². The molecule has 3 nitrogen and oxygen atoms in total. The Hall–Kier alpha value is -1.29. The second-order valence-electron chi connectivity index (χ2n) is 4.93. The van der Waals surface area contributed by atoms with E-state index in [1.165, 1.54) is 0 Å². The van der Waals surface area contributed by atoms with Gasteiger partial charge in [-0.3, -0.25) is 9.89 Å². The zero-order valence-electron chi connectivity index (χ0n) is 10.6. The first-order chi connectivity index (χ1) is 8.54. The smallest absolute Gasteiger partial charge is 0.267 e. The molecule has 1 heterocycles. The molecular formula is C14H17BrN2O. The summed E-state index contributed by atoms with van der Waals surface area (Å²) in [6.07, 6.45) is 0.903. The van der Waals surface area contributed by atoms with Crippen molar-refractivity contribution in [2.24, 2.45) is 5.92 Å². The first-order valence-electron chi connectivity index (χ1n) is 6.08. The van der Waals surface area contributed by atoms with Gasteiger partial charge in [-0.15, -0.1) is 0 Å². The lowest BCUT2D eigenvalue weighted by Crippen LogP contribution is -2.16. The highest BCUT2D eigenvalue weighted by molar-refractivity contribution is 9.10. The number of benzene rings is 1. The number of H-pyrrole nitrogens is 1. The fraction of sp³-hybridized carbons (Fsp3) is 0.357. The molecule has 0 amide bonds. The number of halogens is 1. The summed E-state index contributed by atoms with van der Waals surface area (Å²) in [5, 5.41) is 3.17. The van der Waals surface area contributed by atoms with Crippen molar-refractivity contribution in [1.29, 1.82) is 0 Å². The molecule has 1 aromatic heterocycles. The number of hydrogen-bond acceptors (Lipinski definition) is 1. The lowest BCUT2D eigenvalue weighted by molar-refractivity contribution is 0.602. The highest BCUT2D eigenvalue weighted by Gasteiger charge is 2.05. The van der Waals surface area contributed by atoms with Crippen LogP contribution < -0.4 is 5.56 Å². The van der Waals surface area contributed by atoms with Crippen LogP contribution in [0.25, 0.3) is 0 Å². The van der Waals surface area contributed by atoms with Crippen molar-refractivity contribution in [3.05, 3.63) is 56.4 Å². The van der Waals surface area contributed by atoms with Gasteiger partial charge in [0.15, 0.2) is 0 Å². The Balaban J connectivity index is 2.19. The van der Waals surface area contributed by atoms with Crippen LogP contribution in [0.1, 0.15) is 25.1 Å². The van der Waals surface area contributed by atoms with Crippen LogP contribution in [0.4, 0.5) is 0 Å². The summed E-state index contributed by atoms with van der Waals surface area (Å²) in [5.41, 5.74) is 2.14. The van der Waals surface area contributed by atoms with E-state index < -0.39 is 0 Å². The minimum atomic E-state index is 0.0330. The third kappa shape index (κ3) is 3.35. The van der Waals surface area contributed by atoms with Gasteiger partial charge in [0.1, 0.15) is 0 Å². The SMILES string of the molecule is CC(C)Cc1cc(=O)n(Cc2cccc(Br)c2)[nH]1. The van der Waals surface area contributed by atoms with Gasteiger partial charge in [0, 0.05) is 16.2 Å². The molecule has 0 bridgehead atoms. The average Bonchev–Trinajstić information content (AvgIpc) is 2.58. The Bertz CT molecular complexity index is 583. The molecule has 0 atom stereocenters. The van der Waals surface area contributed by atoms with Gasteiger partial charge < -0.3 is 0 Å². The van der Waals surface area contributed by atoms with E-state index in [2.05, 4.69) is 34.9 Å². The molecule has 0 spiro atoms. The quantitative estimate of drug-likeness (QED) is 0.925. The van der Waals surface area contributed by atoms with Crippen LogP contribution in [0.15, 0.2) is 39.6 Å². The first kappa shape index (κ1) is 13.1. The number of nitrogens with one attached hydrogen (secondary N) is 1. The van der Waals surface area contributed by atoms with Crippen LogP contribution in [-0.4, -0.2) is 9.78 Å². The molecular weight excluding hydrogens is 292 g/mol. The van der Waals surface area contributed by atoms with Gasteiger partial charge in [-0.05, 0) is 30.0 Å². The second-order valence-corrected chi connectivity index (χ2v) is 5.85. The monoisotopic (exact) mass is 308 g/mol. The number of aromatic amines is 1. The van der Waals surface area contributed by atoms with Crippen LogP contribution in [0, 0.1) is 5.92 Å². The van der Waals surface area contributed by atoms with Gasteiger partial charge in [0.05, 0.1) is 6.54 Å². The Morgan fingerprint density at radius 3 is 2.78 bits per heavy atom. The topological polar surface area (TPSA) is 37.8 Å². The molecule has 0 aliphatic heterocycles. The van der Waals surface area contributed by atoms with E-state index in [4.69, 9.17) is 0 Å².